The molecule has 1 fully saturated rings. The molecule has 1 unspecified atom stereocenters. The molecule has 0 aromatic rings. The van der Waals surface area contributed by atoms with Crippen LogP contribution in [0.2, 0.25) is 0 Å². The smallest absolute Gasteiger partial charge is 0.342 e. The number of halogens is 4. The van der Waals surface area contributed by atoms with Crippen LogP contribution in [0.1, 0.15) is 44.9 Å². The van der Waals surface area contributed by atoms with Gasteiger partial charge < -0.3 is 10.6 Å². The first-order valence-electron chi connectivity index (χ1n) is 6.99. The van der Waals surface area contributed by atoms with Gasteiger partial charge in [-0.15, -0.1) is 12.4 Å². The molecule has 1 aliphatic heterocycles. The van der Waals surface area contributed by atoms with Crippen molar-refractivity contribution in [2.75, 3.05) is 19.6 Å². The third-order valence-electron chi connectivity index (χ3n) is 3.58. The Bertz CT molecular complexity index is 287. The minimum Gasteiger partial charge on any atom is -0.342 e. The molecule has 0 aromatic heterocycles. The minimum absolute atomic E-state index is 0. The lowest BCUT2D eigenvalue weighted by Crippen LogP contribution is -2.44. The maximum Gasteiger partial charge on any atom is 0.393 e. The van der Waals surface area contributed by atoms with Crippen molar-refractivity contribution in [3.8, 4) is 0 Å². The molecule has 1 amide bonds. The number of alkyl halides is 3. The molecule has 20 heavy (non-hydrogen) atoms. The Hall–Kier alpha value is -0.490. The topological polar surface area (TPSA) is 46.3 Å². The van der Waals surface area contributed by atoms with Crippen LogP contribution in [0.3, 0.4) is 0 Å². The largest absolute Gasteiger partial charge is 0.393 e. The zero-order chi connectivity index (χ0) is 14.3. The second-order valence-corrected chi connectivity index (χ2v) is 5.17. The van der Waals surface area contributed by atoms with Crippen LogP contribution < -0.4 is 5.73 Å². The molecule has 1 aliphatic rings. The van der Waals surface area contributed by atoms with E-state index in [1.165, 1.54) is 4.90 Å². The van der Waals surface area contributed by atoms with Crippen LogP contribution in [-0.2, 0) is 4.79 Å². The lowest BCUT2D eigenvalue weighted by molar-refractivity contribution is -0.188. The van der Waals surface area contributed by atoms with Gasteiger partial charge in [-0.25, -0.2) is 0 Å². The molecule has 1 atom stereocenters. The normalized spacial score (nSPS) is 19.6. The van der Waals surface area contributed by atoms with Crippen molar-refractivity contribution in [3.05, 3.63) is 0 Å². The molecule has 3 nitrogen and oxygen atoms in total. The van der Waals surface area contributed by atoms with E-state index in [1.807, 2.05) is 0 Å². The van der Waals surface area contributed by atoms with Gasteiger partial charge in [0.1, 0.15) is 0 Å². The van der Waals surface area contributed by atoms with E-state index in [0.29, 0.717) is 25.9 Å². The number of nitrogens with two attached hydrogens (primary N) is 1. The summed E-state index contributed by atoms with van der Waals surface area (Å²) < 4.78 is 37.9. The van der Waals surface area contributed by atoms with Crippen LogP contribution in [0.5, 0.6) is 0 Å². The second kappa shape index (κ2) is 9.45. The van der Waals surface area contributed by atoms with E-state index in [0.717, 1.165) is 25.7 Å². The third kappa shape index (κ3) is 6.79. The number of rotatable bonds is 6. The number of nitrogens with zero attached hydrogens (tertiary/aromatic N) is 1. The quantitative estimate of drug-likeness (QED) is 0.765. The van der Waals surface area contributed by atoms with Crippen LogP contribution in [0.15, 0.2) is 0 Å². The molecule has 0 saturated carbocycles. The van der Waals surface area contributed by atoms with Crippen molar-refractivity contribution in [1.82, 2.24) is 4.90 Å². The molecule has 0 aromatic carbocycles. The van der Waals surface area contributed by atoms with Crippen molar-refractivity contribution in [2.45, 2.75) is 51.1 Å². The first kappa shape index (κ1) is 19.5. The van der Waals surface area contributed by atoms with Crippen LogP contribution in [0, 0.1) is 5.92 Å². The van der Waals surface area contributed by atoms with Crippen LogP contribution >= 0.6 is 12.4 Å². The van der Waals surface area contributed by atoms with E-state index >= 15 is 0 Å². The maximum absolute atomic E-state index is 12.6. The molecular weight excluding hydrogens is 293 g/mol. The Kier molecular flexibility index (Phi) is 9.22. The molecule has 0 spiro atoms. The van der Waals surface area contributed by atoms with E-state index in [9.17, 15) is 18.0 Å². The number of unbranched alkanes of at least 4 members (excludes halogenated alkanes) is 3. The van der Waals surface area contributed by atoms with Crippen molar-refractivity contribution >= 4 is 18.3 Å². The van der Waals surface area contributed by atoms with Gasteiger partial charge in [0.15, 0.2) is 0 Å². The number of piperidine rings is 1. The van der Waals surface area contributed by atoms with Crippen LogP contribution in [0.25, 0.3) is 0 Å². The fourth-order valence-electron chi connectivity index (χ4n) is 2.40. The highest BCUT2D eigenvalue weighted by molar-refractivity contribution is 5.85. The fraction of sp³-hybridized carbons (Fsp3) is 0.923. The second-order valence-electron chi connectivity index (χ2n) is 5.17. The predicted molar refractivity (Wildman–Crippen MR) is 74.7 cm³/mol. The van der Waals surface area contributed by atoms with Crippen molar-refractivity contribution in [3.63, 3.8) is 0 Å². The molecule has 1 rings (SSSR count). The van der Waals surface area contributed by atoms with Crippen molar-refractivity contribution in [2.24, 2.45) is 11.7 Å². The van der Waals surface area contributed by atoms with Gasteiger partial charge in [-0.2, -0.15) is 13.2 Å². The number of carbonyl (C=O) groups is 1. The zero-order valence-corrected chi connectivity index (χ0v) is 12.4. The average Bonchev–Trinajstić information content (AvgIpc) is 2.37. The number of hydrogen-bond acceptors (Lipinski definition) is 2. The van der Waals surface area contributed by atoms with Gasteiger partial charge >= 0.3 is 6.18 Å². The number of carbonyl (C=O) groups excluding carboxylic acids is 1. The summed E-state index contributed by atoms with van der Waals surface area (Å²) >= 11 is 0. The molecule has 0 aliphatic carbocycles. The van der Waals surface area contributed by atoms with E-state index in [1.54, 1.807) is 0 Å². The van der Waals surface area contributed by atoms with Gasteiger partial charge in [0, 0.05) is 19.5 Å². The molecule has 0 bridgehead atoms. The van der Waals surface area contributed by atoms with E-state index in [-0.39, 0.29) is 31.3 Å². The SMILES string of the molecule is Cl.NCCCCCCC(=O)N1CCCC(C(F)(F)F)C1. The molecule has 120 valence electrons. The Morgan fingerprint density at radius 2 is 1.85 bits per heavy atom. The first-order valence-corrected chi connectivity index (χ1v) is 6.99. The van der Waals surface area contributed by atoms with Crippen LogP contribution in [-0.4, -0.2) is 36.6 Å². The Labute approximate surface area is 124 Å². The minimum atomic E-state index is -4.18. The Balaban J connectivity index is 0.00000361. The first-order chi connectivity index (χ1) is 8.95. The number of amides is 1. The summed E-state index contributed by atoms with van der Waals surface area (Å²) in [5.74, 6) is -1.48. The molecule has 1 saturated heterocycles. The highest BCUT2D eigenvalue weighted by atomic mass is 35.5. The maximum atomic E-state index is 12.6. The Morgan fingerprint density at radius 1 is 1.20 bits per heavy atom. The van der Waals surface area contributed by atoms with Gasteiger partial charge in [0.2, 0.25) is 5.91 Å². The molecule has 1 heterocycles. The van der Waals surface area contributed by atoms with Gasteiger partial charge in [0.25, 0.3) is 0 Å². The fourth-order valence-corrected chi connectivity index (χ4v) is 2.40. The summed E-state index contributed by atoms with van der Waals surface area (Å²) in [6, 6.07) is 0. The van der Waals surface area contributed by atoms with E-state index in [2.05, 4.69) is 0 Å². The predicted octanol–water partition coefficient (Wildman–Crippen LogP) is 3.12. The Morgan fingerprint density at radius 3 is 2.45 bits per heavy atom. The van der Waals surface area contributed by atoms with Crippen molar-refractivity contribution in [1.29, 1.82) is 0 Å². The highest BCUT2D eigenvalue weighted by Gasteiger charge is 2.42. The summed E-state index contributed by atoms with van der Waals surface area (Å²) in [6.45, 7) is 0.951. The van der Waals surface area contributed by atoms with Crippen molar-refractivity contribution < 1.29 is 18.0 Å². The summed E-state index contributed by atoms with van der Waals surface area (Å²) in [5, 5.41) is 0. The highest BCUT2D eigenvalue weighted by Crippen LogP contribution is 2.33. The number of likely N-dealkylation sites (tertiary alicyclic amines) is 1. The average molecular weight is 317 g/mol. The molecule has 0 radical (unpaired) electrons. The van der Waals surface area contributed by atoms with E-state index < -0.39 is 12.1 Å². The van der Waals surface area contributed by atoms with E-state index in [4.69, 9.17) is 5.73 Å². The van der Waals surface area contributed by atoms with Gasteiger partial charge in [-0.05, 0) is 32.2 Å². The van der Waals surface area contributed by atoms with Gasteiger partial charge in [-0.1, -0.05) is 12.8 Å². The summed E-state index contributed by atoms with van der Waals surface area (Å²) in [7, 11) is 0. The standard InChI is InChI=1S/C13H23F3N2O.ClH/c14-13(15,16)11-6-5-9-18(10-11)12(19)7-3-1-2-4-8-17;/h11H,1-10,17H2;1H. The van der Waals surface area contributed by atoms with Crippen LogP contribution in [0.4, 0.5) is 13.2 Å². The summed E-state index contributed by atoms with van der Waals surface area (Å²) in [4.78, 5) is 13.2. The van der Waals surface area contributed by atoms with Gasteiger partial charge in [-0.3, -0.25) is 4.79 Å². The summed E-state index contributed by atoms with van der Waals surface area (Å²) in [6.07, 6.45) is 0.344. The number of hydrogen-bond donors (Lipinski definition) is 1. The third-order valence-corrected chi connectivity index (χ3v) is 3.58. The van der Waals surface area contributed by atoms with Gasteiger partial charge in [0.05, 0.1) is 5.92 Å². The molecule has 2 N–H and O–H groups in total. The monoisotopic (exact) mass is 316 g/mol. The zero-order valence-electron chi connectivity index (χ0n) is 11.6. The summed E-state index contributed by atoms with van der Waals surface area (Å²) in [5.41, 5.74) is 5.36. The molecule has 7 heteroatoms. The lowest BCUT2D eigenvalue weighted by atomic mass is 9.97. The molecular formula is C13H24ClF3N2O. The lowest BCUT2D eigenvalue weighted by Gasteiger charge is -2.33.